The van der Waals surface area contributed by atoms with E-state index in [4.69, 9.17) is 5.73 Å². The Morgan fingerprint density at radius 3 is 2.79 bits per heavy atom. The van der Waals surface area contributed by atoms with E-state index in [-0.39, 0.29) is 11.6 Å². The van der Waals surface area contributed by atoms with Crippen LogP contribution in [0.3, 0.4) is 0 Å². The van der Waals surface area contributed by atoms with Gasteiger partial charge in [0.1, 0.15) is 0 Å². The first-order valence-corrected chi connectivity index (χ1v) is 7.79. The maximum atomic E-state index is 11.6. The van der Waals surface area contributed by atoms with Gasteiger partial charge >= 0.3 is 0 Å². The zero-order valence-electron chi connectivity index (χ0n) is 12.7. The monoisotopic (exact) mass is 337 g/mol. The molecule has 0 aromatic heterocycles. The van der Waals surface area contributed by atoms with Crippen LogP contribution < -0.4 is 16.4 Å². The number of fused-ring (bicyclic) bond motifs is 1. The van der Waals surface area contributed by atoms with Gasteiger partial charge in [-0.1, -0.05) is 36.5 Å². The fraction of sp³-hybridized carbons (Fsp3) is 0.0556. The van der Waals surface area contributed by atoms with Crippen molar-refractivity contribution in [3.8, 4) is 11.1 Å². The molecule has 2 amide bonds. The lowest BCUT2D eigenvalue weighted by atomic mass is 9.99. The molecule has 0 fully saturated rings. The summed E-state index contributed by atoms with van der Waals surface area (Å²) in [6.45, 7) is 0.548. The molecule has 3 rings (SSSR count). The molecule has 0 saturated carbocycles. The molecule has 2 aromatic carbocycles. The van der Waals surface area contributed by atoms with Crippen molar-refractivity contribution < 1.29 is 9.59 Å². The molecular formula is C18H15N3O2S. The maximum absolute atomic E-state index is 11.6. The summed E-state index contributed by atoms with van der Waals surface area (Å²) in [6.07, 6.45) is 1.59. The Morgan fingerprint density at radius 2 is 2.00 bits per heavy atom. The number of hydrogen-bond acceptors (Lipinski definition) is 4. The van der Waals surface area contributed by atoms with Crippen LogP contribution in [0.25, 0.3) is 17.2 Å². The summed E-state index contributed by atoms with van der Waals surface area (Å²) in [5, 5.41) is 5.17. The van der Waals surface area contributed by atoms with Gasteiger partial charge in [-0.2, -0.15) is 0 Å². The van der Waals surface area contributed by atoms with Gasteiger partial charge in [0.25, 0.3) is 11.8 Å². The van der Waals surface area contributed by atoms with E-state index in [1.54, 1.807) is 6.08 Å². The number of hydrogen-bond donors (Lipinski definition) is 3. The first-order chi connectivity index (χ1) is 11.6. The van der Waals surface area contributed by atoms with Crippen molar-refractivity contribution in [1.82, 2.24) is 10.6 Å². The third-order valence-corrected chi connectivity index (χ3v) is 3.90. The SMILES string of the molecule is N/C(=C\c1cccc(-c2ccc3c(c2)CNC3=O)c1)C(=O)NC=S. The standard InChI is InChI=1S/C18H15N3O2S/c19-16(18(23)21-10-24)7-11-2-1-3-12(6-11)13-4-5-15-14(8-13)9-20-17(15)22/h1-8,10H,9,19H2,(H,20,22)(H,21,23,24)/b16-7-. The number of carbonyl (C=O) groups excluding carboxylic acids is 2. The predicted molar refractivity (Wildman–Crippen MR) is 97.0 cm³/mol. The van der Waals surface area contributed by atoms with Crippen molar-refractivity contribution in [3.05, 3.63) is 64.9 Å². The molecule has 0 aliphatic carbocycles. The van der Waals surface area contributed by atoms with E-state index in [1.807, 2.05) is 42.5 Å². The highest BCUT2D eigenvalue weighted by Gasteiger charge is 2.18. The minimum absolute atomic E-state index is 0.0365. The van der Waals surface area contributed by atoms with Crippen LogP contribution in [0.2, 0.25) is 0 Å². The van der Waals surface area contributed by atoms with Crippen LogP contribution in [0.5, 0.6) is 0 Å². The lowest BCUT2D eigenvalue weighted by molar-refractivity contribution is -0.116. The van der Waals surface area contributed by atoms with E-state index in [0.29, 0.717) is 6.54 Å². The third-order valence-electron chi connectivity index (χ3n) is 3.78. The van der Waals surface area contributed by atoms with Crippen LogP contribution in [0.15, 0.2) is 48.2 Å². The van der Waals surface area contributed by atoms with Gasteiger partial charge in [0.2, 0.25) is 0 Å². The van der Waals surface area contributed by atoms with Crippen molar-refractivity contribution >= 4 is 35.6 Å². The molecule has 1 aliphatic heterocycles. The Kier molecular flexibility index (Phi) is 4.39. The van der Waals surface area contributed by atoms with Crippen LogP contribution in [-0.4, -0.2) is 17.3 Å². The van der Waals surface area contributed by atoms with Crippen LogP contribution in [-0.2, 0) is 11.3 Å². The molecule has 24 heavy (non-hydrogen) atoms. The second kappa shape index (κ2) is 6.64. The molecule has 0 radical (unpaired) electrons. The molecule has 1 aliphatic rings. The molecule has 1 heterocycles. The molecule has 120 valence electrons. The number of nitrogens with one attached hydrogen (secondary N) is 2. The van der Waals surface area contributed by atoms with Crippen LogP contribution >= 0.6 is 12.2 Å². The Hall–Kier alpha value is -2.99. The van der Waals surface area contributed by atoms with Crippen molar-refractivity contribution in [2.24, 2.45) is 5.73 Å². The van der Waals surface area contributed by atoms with E-state index in [1.165, 1.54) is 0 Å². The summed E-state index contributed by atoms with van der Waals surface area (Å²) < 4.78 is 0. The molecule has 0 unspecified atom stereocenters. The Balaban J connectivity index is 1.91. The molecule has 6 heteroatoms. The smallest absolute Gasteiger partial charge is 0.271 e. The number of benzene rings is 2. The van der Waals surface area contributed by atoms with Crippen molar-refractivity contribution in [2.75, 3.05) is 0 Å². The Bertz CT molecular complexity index is 874. The third kappa shape index (κ3) is 3.18. The van der Waals surface area contributed by atoms with E-state index in [2.05, 4.69) is 22.9 Å². The van der Waals surface area contributed by atoms with Gasteiger partial charge < -0.3 is 16.4 Å². The molecule has 0 atom stereocenters. The summed E-state index contributed by atoms with van der Waals surface area (Å²) in [5.41, 5.74) is 11.4. The summed E-state index contributed by atoms with van der Waals surface area (Å²) >= 11 is 4.58. The van der Waals surface area contributed by atoms with Crippen molar-refractivity contribution in [1.29, 1.82) is 0 Å². The normalized spacial score (nSPS) is 13.2. The number of amides is 2. The number of thiocarbonyl (C=S) groups is 1. The van der Waals surface area contributed by atoms with Crippen LogP contribution in [0.4, 0.5) is 0 Å². The van der Waals surface area contributed by atoms with Gasteiger partial charge in [0.15, 0.2) is 0 Å². The predicted octanol–water partition coefficient (Wildman–Crippen LogP) is 1.97. The summed E-state index contributed by atoms with van der Waals surface area (Å²) in [7, 11) is 0. The fourth-order valence-electron chi connectivity index (χ4n) is 2.60. The largest absolute Gasteiger partial charge is 0.394 e. The molecule has 0 bridgehead atoms. The van der Waals surface area contributed by atoms with Gasteiger partial charge in [-0.05, 0) is 46.5 Å². The van der Waals surface area contributed by atoms with E-state index in [9.17, 15) is 9.59 Å². The van der Waals surface area contributed by atoms with E-state index < -0.39 is 5.91 Å². The molecule has 5 nitrogen and oxygen atoms in total. The molecular weight excluding hydrogens is 322 g/mol. The summed E-state index contributed by atoms with van der Waals surface area (Å²) in [4.78, 5) is 23.2. The second-order valence-corrected chi connectivity index (χ2v) is 5.61. The minimum atomic E-state index is -0.433. The zero-order valence-corrected chi connectivity index (χ0v) is 13.5. The van der Waals surface area contributed by atoms with Gasteiger partial charge in [-0.3, -0.25) is 9.59 Å². The highest BCUT2D eigenvalue weighted by Crippen LogP contribution is 2.26. The minimum Gasteiger partial charge on any atom is -0.394 e. The van der Waals surface area contributed by atoms with E-state index in [0.717, 1.165) is 33.3 Å². The van der Waals surface area contributed by atoms with E-state index >= 15 is 0 Å². The number of carbonyl (C=O) groups is 2. The fourth-order valence-corrected chi connectivity index (χ4v) is 2.71. The average Bonchev–Trinajstić information content (AvgIpc) is 2.96. The van der Waals surface area contributed by atoms with Gasteiger partial charge in [-0.15, -0.1) is 0 Å². The summed E-state index contributed by atoms with van der Waals surface area (Å²) in [5.74, 6) is -0.469. The quantitative estimate of drug-likeness (QED) is 0.588. The lowest BCUT2D eigenvalue weighted by Crippen LogP contribution is -2.26. The zero-order chi connectivity index (χ0) is 17.1. The maximum Gasteiger partial charge on any atom is 0.271 e. The average molecular weight is 337 g/mol. The highest BCUT2D eigenvalue weighted by molar-refractivity contribution is 7.78. The lowest BCUT2D eigenvalue weighted by Gasteiger charge is -2.06. The molecule has 4 N–H and O–H groups in total. The highest BCUT2D eigenvalue weighted by atomic mass is 32.1. The van der Waals surface area contributed by atoms with Crippen LogP contribution in [0, 0.1) is 0 Å². The van der Waals surface area contributed by atoms with Gasteiger partial charge in [0.05, 0.1) is 11.2 Å². The Labute approximate surface area is 144 Å². The first kappa shape index (κ1) is 15.9. The van der Waals surface area contributed by atoms with Gasteiger partial charge in [-0.25, -0.2) is 0 Å². The number of rotatable bonds is 4. The van der Waals surface area contributed by atoms with Crippen LogP contribution in [0.1, 0.15) is 21.5 Å². The van der Waals surface area contributed by atoms with Crippen molar-refractivity contribution in [2.45, 2.75) is 6.54 Å². The van der Waals surface area contributed by atoms with Gasteiger partial charge in [0, 0.05) is 12.1 Å². The molecule has 2 aromatic rings. The molecule has 0 saturated heterocycles. The number of nitrogens with two attached hydrogens (primary N) is 1. The van der Waals surface area contributed by atoms with Crippen molar-refractivity contribution in [3.63, 3.8) is 0 Å². The second-order valence-electron chi connectivity index (χ2n) is 5.37. The first-order valence-electron chi connectivity index (χ1n) is 7.32. The molecule has 0 spiro atoms. The topological polar surface area (TPSA) is 84.2 Å². The Morgan fingerprint density at radius 1 is 1.21 bits per heavy atom. The summed E-state index contributed by atoms with van der Waals surface area (Å²) in [6, 6.07) is 13.4.